The average molecular weight is 267 g/mol. The van der Waals surface area contributed by atoms with Crippen LogP contribution in [0, 0.1) is 0 Å². The van der Waals surface area contributed by atoms with Gasteiger partial charge in [-0.05, 0) is 31.0 Å². The van der Waals surface area contributed by atoms with Crippen LogP contribution in [0.1, 0.15) is 29.6 Å². The lowest BCUT2D eigenvalue weighted by molar-refractivity contribution is 0.0952. The zero-order valence-electron chi connectivity index (χ0n) is 10.3. The quantitative estimate of drug-likeness (QED) is 0.130. The van der Waals surface area contributed by atoms with Gasteiger partial charge < -0.3 is 26.5 Å². The number of aromatic hydroxyl groups is 2. The minimum atomic E-state index is -0.334. The fourth-order valence-corrected chi connectivity index (χ4v) is 1.45. The van der Waals surface area contributed by atoms with Crippen LogP contribution < -0.4 is 11.1 Å². The van der Waals surface area contributed by atoms with Gasteiger partial charge in [0.25, 0.3) is 5.91 Å². The van der Waals surface area contributed by atoms with Gasteiger partial charge >= 0.3 is 0 Å². The molecule has 19 heavy (non-hydrogen) atoms. The van der Waals surface area contributed by atoms with Gasteiger partial charge in [0.05, 0.1) is 0 Å². The number of hydrogen-bond acceptors (Lipinski definition) is 5. The number of benzene rings is 1. The monoisotopic (exact) mass is 267 g/mol. The molecule has 0 heterocycles. The number of oxime groups is 1. The maximum Gasteiger partial charge on any atom is 0.251 e. The number of amides is 1. The second-order valence-corrected chi connectivity index (χ2v) is 4.01. The number of hydrogen-bond donors (Lipinski definition) is 5. The van der Waals surface area contributed by atoms with Crippen molar-refractivity contribution in [3.63, 3.8) is 0 Å². The lowest BCUT2D eigenvalue weighted by Crippen LogP contribution is -2.24. The van der Waals surface area contributed by atoms with Gasteiger partial charge in [0, 0.05) is 18.5 Å². The van der Waals surface area contributed by atoms with E-state index in [1.807, 2.05) is 0 Å². The molecule has 0 atom stereocenters. The Morgan fingerprint density at radius 1 is 1.26 bits per heavy atom. The molecule has 0 aliphatic rings. The lowest BCUT2D eigenvalue weighted by atomic mass is 10.2. The zero-order valence-corrected chi connectivity index (χ0v) is 10.3. The molecule has 104 valence electrons. The normalized spacial score (nSPS) is 11.3. The molecule has 0 fully saturated rings. The van der Waals surface area contributed by atoms with E-state index < -0.39 is 0 Å². The topological polar surface area (TPSA) is 128 Å². The average Bonchev–Trinajstić information content (AvgIpc) is 2.40. The summed E-state index contributed by atoms with van der Waals surface area (Å²) < 4.78 is 0. The van der Waals surface area contributed by atoms with Gasteiger partial charge in [0.1, 0.15) is 5.84 Å². The summed E-state index contributed by atoms with van der Waals surface area (Å²) in [5.74, 6) is -0.774. The van der Waals surface area contributed by atoms with Crippen LogP contribution in [0.15, 0.2) is 23.4 Å². The van der Waals surface area contributed by atoms with Crippen molar-refractivity contribution in [2.24, 2.45) is 10.9 Å². The zero-order chi connectivity index (χ0) is 14.3. The van der Waals surface area contributed by atoms with Crippen molar-refractivity contribution in [1.29, 1.82) is 0 Å². The minimum absolute atomic E-state index is 0.162. The summed E-state index contributed by atoms with van der Waals surface area (Å²) in [6.45, 7) is 0.444. The summed E-state index contributed by atoms with van der Waals surface area (Å²) in [5.41, 5.74) is 5.57. The molecule has 0 aromatic heterocycles. The molecule has 0 unspecified atom stereocenters. The molecule has 6 N–H and O–H groups in total. The van der Waals surface area contributed by atoms with Crippen molar-refractivity contribution in [3.05, 3.63) is 23.8 Å². The molecule has 1 aromatic rings. The van der Waals surface area contributed by atoms with E-state index in [2.05, 4.69) is 10.5 Å². The first-order valence-corrected chi connectivity index (χ1v) is 5.81. The number of phenols is 2. The molecule has 1 rings (SSSR count). The van der Waals surface area contributed by atoms with Gasteiger partial charge in [-0.3, -0.25) is 4.79 Å². The predicted molar refractivity (Wildman–Crippen MR) is 69.4 cm³/mol. The first kappa shape index (κ1) is 14.6. The Hall–Kier alpha value is -2.44. The number of unbranched alkanes of at least 4 members (excludes halogenated alkanes) is 1. The van der Waals surface area contributed by atoms with Gasteiger partial charge in [-0.1, -0.05) is 5.16 Å². The van der Waals surface area contributed by atoms with Crippen molar-refractivity contribution < 1.29 is 20.2 Å². The molecule has 0 spiro atoms. The first-order valence-electron chi connectivity index (χ1n) is 5.81. The van der Waals surface area contributed by atoms with Crippen LogP contribution in [0.2, 0.25) is 0 Å². The summed E-state index contributed by atoms with van der Waals surface area (Å²) in [6, 6.07) is 3.87. The first-order chi connectivity index (χ1) is 9.04. The fourth-order valence-electron chi connectivity index (χ4n) is 1.45. The van der Waals surface area contributed by atoms with Crippen molar-refractivity contribution >= 4 is 11.7 Å². The highest BCUT2D eigenvalue weighted by molar-refractivity contribution is 5.94. The van der Waals surface area contributed by atoms with Crippen LogP contribution >= 0.6 is 0 Å². The van der Waals surface area contributed by atoms with Crippen LogP contribution in [-0.2, 0) is 0 Å². The molecular weight excluding hydrogens is 250 g/mol. The lowest BCUT2D eigenvalue weighted by Gasteiger charge is -2.06. The number of nitrogens with one attached hydrogen (secondary N) is 1. The Labute approximate surface area is 110 Å². The summed E-state index contributed by atoms with van der Waals surface area (Å²) >= 11 is 0. The second kappa shape index (κ2) is 7.10. The van der Waals surface area contributed by atoms with Crippen LogP contribution in [0.5, 0.6) is 11.5 Å². The van der Waals surface area contributed by atoms with E-state index in [4.69, 9.17) is 16.0 Å². The molecule has 7 nitrogen and oxygen atoms in total. The molecule has 1 amide bonds. The van der Waals surface area contributed by atoms with E-state index in [1.165, 1.54) is 18.2 Å². The fraction of sp³-hybridized carbons (Fsp3) is 0.333. The van der Waals surface area contributed by atoms with Crippen LogP contribution in [-0.4, -0.2) is 33.7 Å². The van der Waals surface area contributed by atoms with Gasteiger partial charge in [0.15, 0.2) is 11.5 Å². The maximum absolute atomic E-state index is 11.7. The van der Waals surface area contributed by atoms with Crippen LogP contribution in [0.4, 0.5) is 0 Å². The highest BCUT2D eigenvalue weighted by Crippen LogP contribution is 2.24. The Morgan fingerprint density at radius 2 is 2.00 bits per heavy atom. The molecule has 0 aliphatic heterocycles. The van der Waals surface area contributed by atoms with Crippen molar-refractivity contribution in [2.75, 3.05) is 6.54 Å². The third kappa shape index (κ3) is 4.74. The number of rotatable bonds is 6. The predicted octanol–water partition coefficient (Wildman–Crippen LogP) is 0.744. The number of nitrogens with two attached hydrogens (primary N) is 1. The SMILES string of the molecule is N/C(CCCCNC(=O)c1ccc(O)c(O)c1)=N/O. The summed E-state index contributed by atoms with van der Waals surface area (Å²) in [5, 5.41) is 32.2. The molecule has 1 aromatic carbocycles. The van der Waals surface area contributed by atoms with Gasteiger partial charge in [-0.25, -0.2) is 0 Å². The smallest absolute Gasteiger partial charge is 0.251 e. The standard InChI is InChI=1S/C12H17N3O4/c13-11(15-19)3-1-2-6-14-12(18)8-4-5-9(16)10(17)7-8/h4-5,7,16-17,19H,1-3,6H2,(H2,13,15)(H,14,18). The molecule has 0 saturated heterocycles. The number of nitrogens with zero attached hydrogens (tertiary/aromatic N) is 1. The van der Waals surface area contributed by atoms with Crippen molar-refractivity contribution in [1.82, 2.24) is 5.32 Å². The Morgan fingerprint density at radius 3 is 2.63 bits per heavy atom. The largest absolute Gasteiger partial charge is 0.504 e. The van der Waals surface area contributed by atoms with Gasteiger partial charge in [0.2, 0.25) is 0 Å². The number of carbonyl (C=O) groups excluding carboxylic acids is 1. The number of carbonyl (C=O) groups is 1. The van der Waals surface area contributed by atoms with E-state index in [0.29, 0.717) is 25.8 Å². The minimum Gasteiger partial charge on any atom is -0.504 e. The Kier molecular flexibility index (Phi) is 5.46. The van der Waals surface area contributed by atoms with Crippen molar-refractivity contribution in [3.8, 4) is 11.5 Å². The van der Waals surface area contributed by atoms with E-state index in [0.717, 1.165) is 0 Å². The highest BCUT2D eigenvalue weighted by atomic mass is 16.4. The third-order valence-electron chi connectivity index (χ3n) is 2.51. The summed E-state index contributed by atoms with van der Waals surface area (Å²) in [7, 11) is 0. The second-order valence-electron chi connectivity index (χ2n) is 4.01. The van der Waals surface area contributed by atoms with Crippen LogP contribution in [0.3, 0.4) is 0 Å². The molecule has 0 aliphatic carbocycles. The molecule has 0 saturated carbocycles. The van der Waals surface area contributed by atoms with E-state index in [-0.39, 0.29) is 28.8 Å². The van der Waals surface area contributed by atoms with Gasteiger partial charge in [-0.2, -0.15) is 0 Å². The molecule has 7 heteroatoms. The van der Waals surface area contributed by atoms with Crippen LogP contribution in [0.25, 0.3) is 0 Å². The van der Waals surface area contributed by atoms with Crippen molar-refractivity contribution in [2.45, 2.75) is 19.3 Å². The molecular formula is C12H17N3O4. The Bertz CT molecular complexity index is 474. The maximum atomic E-state index is 11.7. The Balaban J connectivity index is 2.33. The van der Waals surface area contributed by atoms with E-state index in [9.17, 15) is 9.90 Å². The number of amidine groups is 1. The highest BCUT2D eigenvalue weighted by Gasteiger charge is 2.07. The number of phenolic OH excluding ortho intramolecular Hbond substituents is 2. The molecule has 0 radical (unpaired) electrons. The van der Waals surface area contributed by atoms with Gasteiger partial charge in [-0.15, -0.1) is 0 Å². The van der Waals surface area contributed by atoms with E-state index >= 15 is 0 Å². The molecule has 0 bridgehead atoms. The summed E-state index contributed by atoms with van der Waals surface area (Å²) in [4.78, 5) is 11.7. The van der Waals surface area contributed by atoms with E-state index in [1.54, 1.807) is 0 Å². The summed E-state index contributed by atoms with van der Waals surface area (Å²) in [6.07, 6.45) is 1.84. The third-order valence-corrected chi connectivity index (χ3v) is 2.51.